The van der Waals surface area contributed by atoms with Gasteiger partial charge in [0.2, 0.25) is 0 Å². The van der Waals surface area contributed by atoms with Crippen LogP contribution in [0.4, 0.5) is 5.69 Å². The molecule has 3 heterocycles. The molecule has 0 saturated carbocycles. The molecule has 0 aliphatic rings. The number of carbonyl (C=O) groups is 1. The van der Waals surface area contributed by atoms with Crippen LogP contribution in [0.3, 0.4) is 0 Å². The second-order valence-electron chi connectivity index (χ2n) is 5.73. The van der Waals surface area contributed by atoms with Gasteiger partial charge in [0.25, 0.3) is 5.91 Å². The smallest absolute Gasteiger partial charge is 0.257 e. The van der Waals surface area contributed by atoms with Gasteiger partial charge in [-0.15, -0.1) is 11.3 Å². The second-order valence-corrected chi connectivity index (χ2v) is 6.97. The van der Waals surface area contributed by atoms with E-state index in [2.05, 4.69) is 20.4 Å². The topological polar surface area (TPSA) is 72.7 Å². The Morgan fingerprint density at radius 3 is 2.84 bits per heavy atom. The Hall–Kier alpha value is -3.06. The molecule has 7 heteroatoms. The maximum Gasteiger partial charge on any atom is 0.257 e. The van der Waals surface area contributed by atoms with E-state index in [4.69, 9.17) is 0 Å². The first-order valence-corrected chi connectivity index (χ1v) is 8.53. The van der Waals surface area contributed by atoms with Crippen molar-refractivity contribution in [3.05, 3.63) is 59.6 Å². The maximum absolute atomic E-state index is 12.6. The van der Waals surface area contributed by atoms with Gasteiger partial charge in [0.1, 0.15) is 0 Å². The molecule has 25 heavy (non-hydrogen) atoms. The zero-order valence-corrected chi connectivity index (χ0v) is 14.5. The van der Waals surface area contributed by atoms with Crippen LogP contribution in [-0.4, -0.2) is 25.7 Å². The van der Waals surface area contributed by atoms with Gasteiger partial charge >= 0.3 is 0 Å². The normalized spacial score (nSPS) is 11.0. The summed E-state index contributed by atoms with van der Waals surface area (Å²) in [5, 5.41) is 8.08. The van der Waals surface area contributed by atoms with Gasteiger partial charge in [-0.25, -0.2) is 4.98 Å². The van der Waals surface area contributed by atoms with Crippen LogP contribution in [-0.2, 0) is 7.05 Å². The van der Waals surface area contributed by atoms with Crippen molar-refractivity contribution < 1.29 is 4.79 Å². The molecule has 0 fully saturated rings. The quantitative estimate of drug-likeness (QED) is 0.613. The van der Waals surface area contributed by atoms with Crippen molar-refractivity contribution in [2.45, 2.75) is 6.92 Å². The molecule has 0 radical (unpaired) electrons. The van der Waals surface area contributed by atoms with E-state index in [-0.39, 0.29) is 5.91 Å². The fourth-order valence-corrected chi connectivity index (χ4v) is 3.48. The predicted octanol–water partition coefficient (Wildman–Crippen LogP) is 3.65. The van der Waals surface area contributed by atoms with Crippen molar-refractivity contribution in [3.63, 3.8) is 0 Å². The number of thiazole rings is 1. The monoisotopic (exact) mass is 349 g/mol. The number of hydrogen-bond donors (Lipinski definition) is 1. The fraction of sp³-hybridized carbons (Fsp3) is 0.111. The Bertz CT molecular complexity index is 1080. The average molecular weight is 349 g/mol. The number of pyridine rings is 1. The fourth-order valence-electron chi connectivity index (χ4n) is 2.61. The summed E-state index contributed by atoms with van der Waals surface area (Å²) >= 11 is 1.61. The molecule has 0 spiro atoms. The third kappa shape index (κ3) is 3.14. The van der Waals surface area contributed by atoms with Crippen LogP contribution in [0.25, 0.3) is 21.3 Å². The van der Waals surface area contributed by atoms with Crippen molar-refractivity contribution in [2.75, 3.05) is 5.32 Å². The van der Waals surface area contributed by atoms with Crippen LogP contribution in [0.2, 0.25) is 0 Å². The second kappa shape index (κ2) is 6.10. The van der Waals surface area contributed by atoms with E-state index in [1.807, 2.05) is 44.4 Å². The molecule has 1 aromatic carbocycles. The first kappa shape index (κ1) is 15.5. The molecule has 0 bridgehead atoms. The Morgan fingerprint density at radius 1 is 1.16 bits per heavy atom. The number of anilines is 1. The van der Waals surface area contributed by atoms with Gasteiger partial charge in [0, 0.05) is 42.5 Å². The molecule has 0 aliphatic carbocycles. The van der Waals surface area contributed by atoms with E-state index >= 15 is 0 Å². The summed E-state index contributed by atoms with van der Waals surface area (Å²) in [7, 11) is 1.85. The van der Waals surface area contributed by atoms with Gasteiger partial charge in [-0.2, -0.15) is 5.10 Å². The Kier molecular flexibility index (Phi) is 3.77. The number of fused-ring (bicyclic) bond motifs is 1. The number of benzene rings is 1. The minimum atomic E-state index is -0.196. The van der Waals surface area contributed by atoms with Gasteiger partial charge in [-0.3, -0.25) is 14.5 Å². The molecule has 0 unspecified atom stereocenters. The molecular formula is C18H15N5OS. The SMILES string of the molecule is Cc1nc2ccc(NC(=O)c3cncc(-c4cnn(C)c4)c3)cc2s1. The summed E-state index contributed by atoms with van der Waals surface area (Å²) in [6, 6.07) is 7.53. The Balaban J connectivity index is 1.59. The highest BCUT2D eigenvalue weighted by Gasteiger charge is 2.10. The minimum Gasteiger partial charge on any atom is -0.322 e. The third-order valence-electron chi connectivity index (χ3n) is 3.79. The lowest BCUT2D eigenvalue weighted by Crippen LogP contribution is -2.12. The van der Waals surface area contributed by atoms with Crippen LogP contribution < -0.4 is 5.32 Å². The Labute approximate surface area is 148 Å². The van der Waals surface area contributed by atoms with Crippen LogP contribution in [0.5, 0.6) is 0 Å². The molecule has 4 rings (SSSR count). The number of aryl methyl sites for hydroxylation is 2. The zero-order valence-electron chi connectivity index (χ0n) is 13.7. The van der Waals surface area contributed by atoms with Crippen molar-refractivity contribution in [3.8, 4) is 11.1 Å². The molecule has 3 aromatic heterocycles. The molecule has 1 N–H and O–H groups in total. The number of rotatable bonds is 3. The molecule has 4 aromatic rings. The molecule has 124 valence electrons. The van der Waals surface area contributed by atoms with Crippen LogP contribution in [0.1, 0.15) is 15.4 Å². The standard InChI is InChI=1S/C18H15N5OS/c1-11-21-16-4-3-15(6-17(16)25-11)22-18(24)13-5-12(7-19-8-13)14-9-20-23(2)10-14/h3-10H,1-2H3,(H,22,24). The highest BCUT2D eigenvalue weighted by molar-refractivity contribution is 7.18. The molecule has 1 amide bonds. The van der Waals surface area contributed by atoms with E-state index in [1.54, 1.807) is 34.6 Å². The van der Waals surface area contributed by atoms with Crippen molar-refractivity contribution in [2.24, 2.45) is 7.05 Å². The van der Waals surface area contributed by atoms with E-state index in [9.17, 15) is 4.79 Å². The number of aromatic nitrogens is 4. The lowest BCUT2D eigenvalue weighted by atomic mass is 10.1. The van der Waals surface area contributed by atoms with Gasteiger partial charge in [-0.1, -0.05) is 0 Å². The first-order chi connectivity index (χ1) is 12.1. The molecule has 0 aliphatic heterocycles. The van der Waals surface area contributed by atoms with E-state index < -0.39 is 0 Å². The first-order valence-electron chi connectivity index (χ1n) is 7.71. The van der Waals surface area contributed by atoms with Crippen molar-refractivity contribution in [1.82, 2.24) is 19.7 Å². The average Bonchev–Trinajstić information content (AvgIpc) is 3.19. The summed E-state index contributed by atoms with van der Waals surface area (Å²) in [6.45, 7) is 1.97. The molecule has 6 nitrogen and oxygen atoms in total. The maximum atomic E-state index is 12.6. The van der Waals surface area contributed by atoms with Crippen molar-refractivity contribution in [1.29, 1.82) is 0 Å². The number of nitrogens with zero attached hydrogens (tertiary/aromatic N) is 4. The predicted molar refractivity (Wildman–Crippen MR) is 98.7 cm³/mol. The van der Waals surface area contributed by atoms with Gasteiger partial charge < -0.3 is 5.32 Å². The molecule has 0 atom stereocenters. The van der Waals surface area contributed by atoms with E-state index in [0.29, 0.717) is 5.56 Å². The number of hydrogen-bond acceptors (Lipinski definition) is 5. The summed E-state index contributed by atoms with van der Waals surface area (Å²) in [4.78, 5) is 21.2. The van der Waals surface area contributed by atoms with Gasteiger partial charge in [0.15, 0.2) is 0 Å². The van der Waals surface area contributed by atoms with Crippen LogP contribution in [0, 0.1) is 6.92 Å². The van der Waals surface area contributed by atoms with Crippen molar-refractivity contribution >= 4 is 33.1 Å². The summed E-state index contributed by atoms with van der Waals surface area (Å²) in [5.41, 5.74) is 3.97. The lowest BCUT2D eigenvalue weighted by Gasteiger charge is -2.06. The number of carbonyl (C=O) groups excluding carboxylic acids is 1. The lowest BCUT2D eigenvalue weighted by molar-refractivity contribution is 0.102. The highest BCUT2D eigenvalue weighted by Crippen LogP contribution is 2.25. The summed E-state index contributed by atoms with van der Waals surface area (Å²) in [5.74, 6) is -0.196. The highest BCUT2D eigenvalue weighted by atomic mass is 32.1. The summed E-state index contributed by atoms with van der Waals surface area (Å²) < 4.78 is 2.77. The van der Waals surface area contributed by atoms with E-state index in [1.165, 1.54) is 0 Å². The zero-order chi connectivity index (χ0) is 17.4. The van der Waals surface area contributed by atoms with Gasteiger partial charge in [0.05, 0.1) is 27.0 Å². The minimum absolute atomic E-state index is 0.196. The molecule has 0 saturated heterocycles. The largest absolute Gasteiger partial charge is 0.322 e. The van der Waals surface area contributed by atoms with Crippen LogP contribution >= 0.6 is 11.3 Å². The van der Waals surface area contributed by atoms with E-state index in [0.717, 1.165) is 32.0 Å². The number of nitrogens with one attached hydrogen (secondary N) is 1. The third-order valence-corrected chi connectivity index (χ3v) is 4.73. The van der Waals surface area contributed by atoms with Gasteiger partial charge in [-0.05, 0) is 31.2 Å². The summed E-state index contributed by atoms with van der Waals surface area (Å²) in [6.07, 6.45) is 6.92. The molecular weight excluding hydrogens is 334 g/mol. The Morgan fingerprint density at radius 2 is 2.04 bits per heavy atom. The van der Waals surface area contributed by atoms with Crippen LogP contribution in [0.15, 0.2) is 49.1 Å². The number of amides is 1.